The first kappa shape index (κ1) is 16.2. The van der Waals surface area contributed by atoms with E-state index in [1.165, 1.54) is 0 Å². The summed E-state index contributed by atoms with van der Waals surface area (Å²) in [6, 6.07) is 22.1. The highest BCUT2D eigenvalue weighted by Gasteiger charge is 2.12. The second kappa shape index (κ2) is 6.34. The van der Waals surface area contributed by atoms with Crippen LogP contribution < -0.4 is 0 Å². The number of aromatic nitrogens is 3. The van der Waals surface area contributed by atoms with Gasteiger partial charge in [0.2, 0.25) is 10.6 Å². The van der Waals surface area contributed by atoms with E-state index >= 15 is 0 Å². The summed E-state index contributed by atoms with van der Waals surface area (Å²) in [4.78, 5) is 12.0. The molecule has 130 valence electrons. The Morgan fingerprint density at radius 1 is 0.630 bits per heavy atom. The number of rotatable bonds is 2. The molecule has 3 aromatic carbocycles. The van der Waals surface area contributed by atoms with E-state index in [0.29, 0.717) is 5.82 Å². The van der Waals surface area contributed by atoms with Crippen LogP contribution in [0.2, 0.25) is 10.6 Å². The Morgan fingerprint density at radius 2 is 1.30 bits per heavy atom. The average Bonchev–Trinajstić information content (AvgIpc) is 3.06. The number of para-hydroxylation sites is 2. The van der Waals surface area contributed by atoms with E-state index in [0.717, 1.165) is 38.6 Å². The van der Waals surface area contributed by atoms with Crippen molar-refractivity contribution in [3.8, 4) is 22.5 Å². The summed E-state index contributed by atoms with van der Waals surface area (Å²) in [7, 11) is 0. The first-order valence-corrected chi connectivity index (χ1v) is 9.03. The Kier molecular flexibility index (Phi) is 3.81. The van der Waals surface area contributed by atoms with Gasteiger partial charge in [-0.05, 0) is 34.8 Å². The highest BCUT2D eigenvalue weighted by atomic mass is 35.5. The number of halogens is 2. The minimum absolute atomic E-state index is 0.0705. The van der Waals surface area contributed by atoms with Gasteiger partial charge in [-0.2, -0.15) is 15.0 Å². The molecule has 0 saturated heterocycles. The van der Waals surface area contributed by atoms with Crippen LogP contribution >= 0.6 is 23.2 Å². The zero-order valence-corrected chi connectivity index (χ0v) is 15.4. The van der Waals surface area contributed by atoms with E-state index in [1.807, 2.05) is 48.5 Å². The molecule has 6 heteroatoms. The van der Waals surface area contributed by atoms with Crippen LogP contribution in [0.5, 0.6) is 0 Å². The SMILES string of the molecule is Clc1nc(Cl)nc(-c2ccc(-c3cccc4c3oc3ccccc34)cc2)n1. The molecular formula is C21H11Cl2N3O. The van der Waals surface area contributed by atoms with Gasteiger partial charge in [0.15, 0.2) is 5.82 Å². The summed E-state index contributed by atoms with van der Waals surface area (Å²) < 4.78 is 6.12. The molecule has 0 aliphatic rings. The molecule has 0 N–H and O–H groups in total. The Labute approximate surface area is 164 Å². The lowest BCUT2D eigenvalue weighted by molar-refractivity contribution is 0.670. The summed E-state index contributed by atoms with van der Waals surface area (Å²) in [6.07, 6.45) is 0. The van der Waals surface area contributed by atoms with Gasteiger partial charge in [0.25, 0.3) is 0 Å². The van der Waals surface area contributed by atoms with Crippen molar-refractivity contribution < 1.29 is 4.42 Å². The predicted octanol–water partition coefficient (Wildman–Crippen LogP) is 6.41. The van der Waals surface area contributed by atoms with Crippen molar-refractivity contribution in [2.24, 2.45) is 0 Å². The second-order valence-corrected chi connectivity index (χ2v) is 6.73. The molecule has 0 bridgehead atoms. The minimum Gasteiger partial charge on any atom is -0.455 e. The molecule has 0 radical (unpaired) electrons. The van der Waals surface area contributed by atoms with E-state index in [1.54, 1.807) is 0 Å². The topological polar surface area (TPSA) is 51.8 Å². The van der Waals surface area contributed by atoms with Gasteiger partial charge < -0.3 is 4.42 Å². The van der Waals surface area contributed by atoms with Crippen LogP contribution in [-0.4, -0.2) is 15.0 Å². The maximum atomic E-state index is 6.12. The maximum Gasteiger partial charge on any atom is 0.227 e. The number of benzene rings is 3. The Bertz CT molecular complexity index is 1280. The van der Waals surface area contributed by atoms with Gasteiger partial charge in [0.05, 0.1) is 0 Å². The summed E-state index contributed by atoms with van der Waals surface area (Å²) in [6.45, 7) is 0. The molecule has 0 spiro atoms. The molecule has 2 heterocycles. The third-order valence-electron chi connectivity index (χ3n) is 4.44. The van der Waals surface area contributed by atoms with Crippen molar-refractivity contribution >= 4 is 45.1 Å². The zero-order chi connectivity index (χ0) is 18.4. The van der Waals surface area contributed by atoms with Crippen molar-refractivity contribution in [3.63, 3.8) is 0 Å². The second-order valence-electron chi connectivity index (χ2n) is 6.05. The van der Waals surface area contributed by atoms with Gasteiger partial charge in [-0.15, -0.1) is 0 Å². The fourth-order valence-corrected chi connectivity index (χ4v) is 3.59. The van der Waals surface area contributed by atoms with Crippen molar-refractivity contribution in [1.29, 1.82) is 0 Å². The van der Waals surface area contributed by atoms with Gasteiger partial charge in [-0.1, -0.05) is 60.7 Å². The lowest BCUT2D eigenvalue weighted by Crippen LogP contribution is -1.93. The largest absolute Gasteiger partial charge is 0.455 e. The molecular weight excluding hydrogens is 381 g/mol. The lowest BCUT2D eigenvalue weighted by atomic mass is 10.0. The van der Waals surface area contributed by atoms with E-state index in [2.05, 4.69) is 33.2 Å². The first-order chi connectivity index (χ1) is 13.2. The van der Waals surface area contributed by atoms with Gasteiger partial charge in [0.1, 0.15) is 11.2 Å². The lowest BCUT2D eigenvalue weighted by Gasteiger charge is -2.05. The van der Waals surface area contributed by atoms with E-state index < -0.39 is 0 Å². The fourth-order valence-electron chi connectivity index (χ4n) is 3.23. The smallest absolute Gasteiger partial charge is 0.227 e. The highest BCUT2D eigenvalue weighted by molar-refractivity contribution is 6.31. The van der Waals surface area contributed by atoms with Crippen molar-refractivity contribution in [3.05, 3.63) is 77.3 Å². The highest BCUT2D eigenvalue weighted by Crippen LogP contribution is 2.36. The van der Waals surface area contributed by atoms with Crippen molar-refractivity contribution in [2.75, 3.05) is 0 Å². The molecule has 0 atom stereocenters. The van der Waals surface area contributed by atoms with Gasteiger partial charge in [0, 0.05) is 21.9 Å². The molecule has 27 heavy (non-hydrogen) atoms. The number of fused-ring (bicyclic) bond motifs is 3. The maximum absolute atomic E-state index is 6.12. The van der Waals surface area contributed by atoms with E-state index in [-0.39, 0.29) is 10.6 Å². The quantitative estimate of drug-likeness (QED) is 0.348. The van der Waals surface area contributed by atoms with Crippen molar-refractivity contribution in [1.82, 2.24) is 15.0 Å². The van der Waals surface area contributed by atoms with Crippen molar-refractivity contribution in [2.45, 2.75) is 0 Å². The van der Waals surface area contributed by atoms with Crippen LogP contribution in [0.15, 0.2) is 71.1 Å². The molecule has 2 aromatic heterocycles. The first-order valence-electron chi connectivity index (χ1n) is 8.27. The zero-order valence-electron chi connectivity index (χ0n) is 13.9. The van der Waals surface area contributed by atoms with Crippen LogP contribution in [0, 0.1) is 0 Å². The number of nitrogens with zero attached hydrogens (tertiary/aromatic N) is 3. The predicted molar refractivity (Wildman–Crippen MR) is 108 cm³/mol. The minimum atomic E-state index is 0.0705. The van der Waals surface area contributed by atoms with E-state index in [9.17, 15) is 0 Å². The van der Waals surface area contributed by atoms with E-state index in [4.69, 9.17) is 27.6 Å². The summed E-state index contributed by atoms with van der Waals surface area (Å²) in [5, 5.41) is 2.35. The Balaban J connectivity index is 1.63. The molecule has 0 aliphatic heterocycles. The standard InChI is InChI=1S/C21H11Cl2N3O/c22-20-24-19(25-21(23)26-20)13-10-8-12(9-11-13)14-5-3-6-16-15-4-1-2-7-17(15)27-18(14)16/h1-11H. The van der Waals surface area contributed by atoms with Gasteiger partial charge >= 0.3 is 0 Å². The van der Waals surface area contributed by atoms with Crippen LogP contribution in [-0.2, 0) is 0 Å². The molecule has 0 amide bonds. The number of hydrogen-bond acceptors (Lipinski definition) is 4. The third-order valence-corrected chi connectivity index (χ3v) is 4.78. The summed E-state index contributed by atoms with van der Waals surface area (Å²) in [5.41, 5.74) is 4.63. The molecule has 0 unspecified atom stereocenters. The molecule has 5 aromatic rings. The van der Waals surface area contributed by atoms with Crippen LogP contribution in [0.3, 0.4) is 0 Å². The monoisotopic (exact) mass is 391 g/mol. The van der Waals surface area contributed by atoms with Gasteiger partial charge in [-0.25, -0.2) is 0 Å². The molecule has 4 nitrogen and oxygen atoms in total. The summed E-state index contributed by atoms with van der Waals surface area (Å²) >= 11 is 11.7. The number of hydrogen-bond donors (Lipinski definition) is 0. The van der Waals surface area contributed by atoms with Crippen LogP contribution in [0.25, 0.3) is 44.5 Å². The molecule has 0 saturated carbocycles. The number of furan rings is 1. The molecule has 0 fully saturated rings. The average molecular weight is 392 g/mol. The fraction of sp³-hybridized carbons (Fsp3) is 0. The molecule has 0 aliphatic carbocycles. The Morgan fingerprint density at radius 3 is 2.07 bits per heavy atom. The normalized spacial score (nSPS) is 11.3. The van der Waals surface area contributed by atoms with Crippen LogP contribution in [0.1, 0.15) is 0 Å². The Hall–Kier alpha value is -2.95. The van der Waals surface area contributed by atoms with Crippen LogP contribution in [0.4, 0.5) is 0 Å². The third kappa shape index (κ3) is 2.83. The molecule has 5 rings (SSSR count). The summed E-state index contributed by atoms with van der Waals surface area (Å²) in [5.74, 6) is 0.438. The van der Waals surface area contributed by atoms with Gasteiger partial charge in [-0.3, -0.25) is 0 Å².